The first-order valence-electron chi connectivity index (χ1n) is 7.18. The summed E-state index contributed by atoms with van der Waals surface area (Å²) in [5.74, 6) is 1.95. The fourth-order valence-electron chi connectivity index (χ4n) is 2.93. The van der Waals surface area contributed by atoms with Gasteiger partial charge < -0.3 is 10.1 Å². The number of piperidine rings is 1. The first-order chi connectivity index (χ1) is 8.83. The third-order valence-electron chi connectivity index (χ3n) is 4.14. The highest BCUT2D eigenvalue weighted by atomic mass is 16.5. The lowest BCUT2D eigenvalue weighted by molar-refractivity contribution is 0.284. The SMILES string of the molecule is CCC1CCNC(CCc2ccccc2OC)C1. The predicted molar refractivity (Wildman–Crippen MR) is 76.1 cm³/mol. The fraction of sp³-hybridized carbons (Fsp3) is 0.625. The van der Waals surface area contributed by atoms with Gasteiger partial charge in [-0.15, -0.1) is 0 Å². The van der Waals surface area contributed by atoms with Crippen LogP contribution in [0.25, 0.3) is 0 Å². The molecule has 1 aromatic rings. The molecule has 0 aliphatic carbocycles. The summed E-state index contributed by atoms with van der Waals surface area (Å²) < 4.78 is 5.41. The van der Waals surface area contributed by atoms with E-state index in [9.17, 15) is 0 Å². The van der Waals surface area contributed by atoms with Crippen molar-refractivity contribution in [2.24, 2.45) is 5.92 Å². The molecule has 2 unspecified atom stereocenters. The maximum absolute atomic E-state index is 5.41. The molecule has 1 N–H and O–H groups in total. The number of hydrogen-bond donors (Lipinski definition) is 1. The van der Waals surface area contributed by atoms with Crippen LogP contribution in [0.15, 0.2) is 24.3 Å². The molecule has 0 spiro atoms. The van der Waals surface area contributed by atoms with Crippen LogP contribution in [0.3, 0.4) is 0 Å². The van der Waals surface area contributed by atoms with Crippen LogP contribution >= 0.6 is 0 Å². The van der Waals surface area contributed by atoms with Crippen molar-refractivity contribution >= 4 is 0 Å². The van der Waals surface area contributed by atoms with E-state index in [4.69, 9.17) is 4.74 Å². The molecule has 2 heteroatoms. The fourth-order valence-corrected chi connectivity index (χ4v) is 2.93. The van der Waals surface area contributed by atoms with E-state index in [0.29, 0.717) is 6.04 Å². The van der Waals surface area contributed by atoms with Gasteiger partial charge in [-0.05, 0) is 49.8 Å². The zero-order valence-electron chi connectivity index (χ0n) is 11.6. The monoisotopic (exact) mass is 247 g/mol. The molecule has 1 aliphatic rings. The van der Waals surface area contributed by atoms with Crippen LogP contribution in [0, 0.1) is 5.92 Å². The summed E-state index contributed by atoms with van der Waals surface area (Å²) in [5.41, 5.74) is 1.33. The van der Waals surface area contributed by atoms with E-state index < -0.39 is 0 Å². The first-order valence-corrected chi connectivity index (χ1v) is 7.18. The number of methoxy groups -OCH3 is 1. The van der Waals surface area contributed by atoms with E-state index in [1.165, 1.54) is 37.8 Å². The molecule has 2 rings (SSSR count). The number of aryl methyl sites for hydroxylation is 1. The van der Waals surface area contributed by atoms with Crippen molar-refractivity contribution in [1.29, 1.82) is 0 Å². The van der Waals surface area contributed by atoms with Crippen LogP contribution in [0.5, 0.6) is 5.75 Å². The van der Waals surface area contributed by atoms with Gasteiger partial charge in [0.2, 0.25) is 0 Å². The number of para-hydroxylation sites is 1. The second-order valence-corrected chi connectivity index (χ2v) is 5.30. The van der Waals surface area contributed by atoms with Crippen LogP contribution in [0.4, 0.5) is 0 Å². The highest BCUT2D eigenvalue weighted by Gasteiger charge is 2.20. The molecule has 2 atom stereocenters. The van der Waals surface area contributed by atoms with E-state index in [-0.39, 0.29) is 0 Å². The molecular formula is C16H25NO. The summed E-state index contributed by atoms with van der Waals surface area (Å²) >= 11 is 0. The Morgan fingerprint density at radius 3 is 2.94 bits per heavy atom. The molecule has 0 radical (unpaired) electrons. The van der Waals surface area contributed by atoms with Crippen molar-refractivity contribution < 1.29 is 4.74 Å². The quantitative estimate of drug-likeness (QED) is 0.861. The lowest BCUT2D eigenvalue weighted by Crippen LogP contribution is -2.38. The average Bonchev–Trinajstić information content (AvgIpc) is 2.45. The highest BCUT2D eigenvalue weighted by Crippen LogP contribution is 2.24. The second kappa shape index (κ2) is 6.79. The molecule has 2 nitrogen and oxygen atoms in total. The lowest BCUT2D eigenvalue weighted by Gasteiger charge is -2.30. The van der Waals surface area contributed by atoms with Gasteiger partial charge in [0, 0.05) is 6.04 Å². The van der Waals surface area contributed by atoms with Crippen molar-refractivity contribution in [2.75, 3.05) is 13.7 Å². The van der Waals surface area contributed by atoms with Gasteiger partial charge in [0.25, 0.3) is 0 Å². The maximum Gasteiger partial charge on any atom is 0.122 e. The molecule has 18 heavy (non-hydrogen) atoms. The van der Waals surface area contributed by atoms with Crippen molar-refractivity contribution in [3.05, 3.63) is 29.8 Å². The lowest BCUT2D eigenvalue weighted by atomic mass is 9.88. The number of ether oxygens (including phenoxy) is 1. The molecule has 1 heterocycles. The Hall–Kier alpha value is -1.02. The Morgan fingerprint density at radius 2 is 2.17 bits per heavy atom. The van der Waals surface area contributed by atoms with Crippen molar-refractivity contribution in [3.8, 4) is 5.75 Å². The first kappa shape index (κ1) is 13.4. The number of nitrogens with one attached hydrogen (secondary N) is 1. The third kappa shape index (κ3) is 3.49. The normalized spacial score (nSPS) is 23.9. The minimum Gasteiger partial charge on any atom is -0.496 e. The van der Waals surface area contributed by atoms with Gasteiger partial charge in [-0.2, -0.15) is 0 Å². The predicted octanol–water partition coefficient (Wildman–Crippen LogP) is 3.41. The zero-order valence-corrected chi connectivity index (χ0v) is 11.6. The summed E-state index contributed by atoms with van der Waals surface area (Å²) in [6.45, 7) is 3.50. The highest BCUT2D eigenvalue weighted by molar-refractivity contribution is 5.33. The summed E-state index contributed by atoms with van der Waals surface area (Å²) in [6.07, 6.45) is 6.34. The number of hydrogen-bond acceptors (Lipinski definition) is 2. The molecule has 100 valence electrons. The smallest absolute Gasteiger partial charge is 0.122 e. The van der Waals surface area contributed by atoms with Gasteiger partial charge in [0.1, 0.15) is 5.75 Å². The molecule has 0 bridgehead atoms. The van der Waals surface area contributed by atoms with Gasteiger partial charge in [-0.1, -0.05) is 31.5 Å². The Balaban J connectivity index is 1.87. The largest absolute Gasteiger partial charge is 0.496 e. The summed E-state index contributed by atoms with van der Waals surface area (Å²) in [7, 11) is 1.75. The van der Waals surface area contributed by atoms with E-state index in [0.717, 1.165) is 18.1 Å². The van der Waals surface area contributed by atoms with Gasteiger partial charge in [-0.3, -0.25) is 0 Å². The third-order valence-corrected chi connectivity index (χ3v) is 4.14. The number of benzene rings is 1. The average molecular weight is 247 g/mol. The molecule has 0 saturated carbocycles. The van der Waals surface area contributed by atoms with E-state index >= 15 is 0 Å². The van der Waals surface area contributed by atoms with E-state index in [2.05, 4.69) is 30.4 Å². The van der Waals surface area contributed by atoms with E-state index in [1.54, 1.807) is 7.11 Å². The molecule has 0 amide bonds. The van der Waals surface area contributed by atoms with Crippen LogP contribution in [0.2, 0.25) is 0 Å². The Labute approximate surface area is 111 Å². The van der Waals surface area contributed by atoms with Crippen molar-refractivity contribution in [2.45, 2.75) is 45.1 Å². The minimum absolute atomic E-state index is 0.689. The topological polar surface area (TPSA) is 21.3 Å². The van der Waals surface area contributed by atoms with Gasteiger partial charge in [0.05, 0.1) is 7.11 Å². The molecule has 1 aliphatic heterocycles. The summed E-state index contributed by atoms with van der Waals surface area (Å²) in [5, 5.41) is 3.65. The summed E-state index contributed by atoms with van der Waals surface area (Å²) in [6, 6.07) is 9.06. The molecule has 1 aromatic carbocycles. The Morgan fingerprint density at radius 1 is 1.33 bits per heavy atom. The molecule has 1 saturated heterocycles. The number of rotatable bonds is 5. The Kier molecular flexibility index (Phi) is 5.06. The standard InChI is InChI=1S/C16H25NO/c1-3-13-10-11-17-15(12-13)9-8-14-6-4-5-7-16(14)18-2/h4-7,13,15,17H,3,8-12H2,1-2H3. The molecular weight excluding hydrogens is 222 g/mol. The van der Waals surface area contributed by atoms with Gasteiger partial charge in [0.15, 0.2) is 0 Å². The van der Waals surface area contributed by atoms with Crippen LogP contribution in [-0.2, 0) is 6.42 Å². The molecule has 1 fully saturated rings. The van der Waals surface area contributed by atoms with Crippen LogP contribution < -0.4 is 10.1 Å². The van der Waals surface area contributed by atoms with Crippen LogP contribution in [-0.4, -0.2) is 19.7 Å². The molecule has 0 aromatic heterocycles. The van der Waals surface area contributed by atoms with Gasteiger partial charge in [-0.25, -0.2) is 0 Å². The second-order valence-electron chi connectivity index (χ2n) is 5.30. The van der Waals surface area contributed by atoms with E-state index in [1.807, 2.05) is 6.07 Å². The van der Waals surface area contributed by atoms with Gasteiger partial charge >= 0.3 is 0 Å². The van der Waals surface area contributed by atoms with Crippen molar-refractivity contribution in [3.63, 3.8) is 0 Å². The van der Waals surface area contributed by atoms with Crippen molar-refractivity contribution in [1.82, 2.24) is 5.32 Å². The van der Waals surface area contributed by atoms with Crippen LogP contribution in [0.1, 0.15) is 38.2 Å². The maximum atomic E-state index is 5.41. The Bertz CT molecular complexity index is 364. The minimum atomic E-state index is 0.689. The summed E-state index contributed by atoms with van der Waals surface area (Å²) in [4.78, 5) is 0. The zero-order chi connectivity index (χ0) is 12.8.